The standard InChI is InChI=1S/C24H26ClN3O2S/c1-24(23(30)26-17-8-3-2-4-9-17)15-27-19-11-12-31-21(19)13-20(27)22(29)28(24)14-16-7-5-6-10-18(16)25/h5-7,10-13,17H,2-4,8-9,14-15H2,1H3,(H,26,30). The van der Waals surface area contributed by atoms with Crippen LogP contribution in [0.4, 0.5) is 0 Å². The van der Waals surface area contributed by atoms with Gasteiger partial charge in [0.05, 0.1) is 16.8 Å². The zero-order valence-corrected chi connectivity index (χ0v) is 19.1. The second-order valence-corrected chi connectivity index (χ2v) is 10.2. The van der Waals surface area contributed by atoms with Gasteiger partial charge in [0.15, 0.2) is 0 Å². The summed E-state index contributed by atoms with van der Waals surface area (Å²) in [5.41, 5.74) is 1.49. The molecule has 7 heteroatoms. The normalized spacial score (nSPS) is 22.0. The number of nitrogens with one attached hydrogen (secondary N) is 1. The molecule has 1 aliphatic heterocycles. The van der Waals surface area contributed by atoms with E-state index in [1.165, 1.54) is 6.42 Å². The predicted molar refractivity (Wildman–Crippen MR) is 125 cm³/mol. The van der Waals surface area contributed by atoms with Gasteiger partial charge in [0, 0.05) is 17.6 Å². The Morgan fingerprint density at radius 3 is 2.77 bits per heavy atom. The van der Waals surface area contributed by atoms with Crippen LogP contribution >= 0.6 is 22.9 Å². The van der Waals surface area contributed by atoms with Crippen molar-refractivity contribution in [1.82, 2.24) is 14.8 Å². The van der Waals surface area contributed by atoms with Crippen molar-refractivity contribution in [2.45, 2.75) is 63.7 Å². The van der Waals surface area contributed by atoms with E-state index in [1.54, 1.807) is 16.2 Å². The van der Waals surface area contributed by atoms with Crippen molar-refractivity contribution in [3.05, 3.63) is 58.1 Å². The number of hydrogen-bond acceptors (Lipinski definition) is 3. The van der Waals surface area contributed by atoms with Crippen LogP contribution < -0.4 is 5.32 Å². The van der Waals surface area contributed by atoms with Crippen molar-refractivity contribution in [2.24, 2.45) is 0 Å². The summed E-state index contributed by atoms with van der Waals surface area (Å²) < 4.78 is 3.08. The van der Waals surface area contributed by atoms with E-state index in [4.69, 9.17) is 11.6 Å². The summed E-state index contributed by atoms with van der Waals surface area (Å²) in [5, 5.41) is 5.90. The van der Waals surface area contributed by atoms with E-state index >= 15 is 0 Å². The van der Waals surface area contributed by atoms with E-state index in [0.717, 1.165) is 41.5 Å². The van der Waals surface area contributed by atoms with Gasteiger partial charge in [0.25, 0.3) is 5.91 Å². The van der Waals surface area contributed by atoms with Crippen LogP contribution in [0.5, 0.6) is 0 Å². The second-order valence-electron chi connectivity index (χ2n) is 8.85. The van der Waals surface area contributed by atoms with Gasteiger partial charge in [-0.3, -0.25) is 9.59 Å². The minimum absolute atomic E-state index is 0.0810. The molecule has 2 amide bonds. The first-order chi connectivity index (χ1) is 15.0. The third-order valence-electron chi connectivity index (χ3n) is 6.76. The van der Waals surface area contributed by atoms with E-state index in [2.05, 4.69) is 5.32 Å². The maximum absolute atomic E-state index is 13.7. The topological polar surface area (TPSA) is 54.3 Å². The number of hydrogen-bond donors (Lipinski definition) is 1. The molecule has 5 nitrogen and oxygen atoms in total. The zero-order chi connectivity index (χ0) is 21.6. The molecule has 1 aromatic carbocycles. The van der Waals surface area contributed by atoms with Gasteiger partial charge < -0.3 is 14.8 Å². The molecule has 1 fully saturated rings. The first-order valence-corrected chi connectivity index (χ1v) is 12.2. The molecule has 162 valence electrons. The van der Waals surface area contributed by atoms with Crippen molar-refractivity contribution in [1.29, 1.82) is 0 Å². The summed E-state index contributed by atoms with van der Waals surface area (Å²) in [6.07, 6.45) is 5.51. The highest BCUT2D eigenvalue weighted by molar-refractivity contribution is 7.17. The molecule has 2 aromatic heterocycles. The average molecular weight is 456 g/mol. The van der Waals surface area contributed by atoms with E-state index in [9.17, 15) is 9.59 Å². The lowest BCUT2D eigenvalue weighted by Crippen LogP contribution is -2.64. The van der Waals surface area contributed by atoms with Gasteiger partial charge in [-0.15, -0.1) is 11.3 Å². The minimum atomic E-state index is -1.01. The first kappa shape index (κ1) is 20.6. The SMILES string of the molecule is CC1(C(=O)NC2CCCCC2)Cn2c(cc3sccc32)C(=O)N1Cc1ccccc1Cl. The molecule has 0 saturated heterocycles. The molecule has 2 aliphatic rings. The van der Waals surface area contributed by atoms with Crippen molar-refractivity contribution >= 4 is 45.0 Å². The molecule has 5 rings (SSSR count). The van der Waals surface area contributed by atoms with Gasteiger partial charge >= 0.3 is 0 Å². The summed E-state index contributed by atoms with van der Waals surface area (Å²) in [6.45, 7) is 2.62. The highest BCUT2D eigenvalue weighted by Gasteiger charge is 2.48. The van der Waals surface area contributed by atoms with Crippen LogP contribution in [0.2, 0.25) is 5.02 Å². The average Bonchev–Trinajstić information content (AvgIpc) is 3.35. The quantitative estimate of drug-likeness (QED) is 0.586. The highest BCUT2D eigenvalue weighted by Crippen LogP contribution is 2.36. The number of rotatable bonds is 4. The largest absolute Gasteiger partial charge is 0.351 e. The Balaban J connectivity index is 1.54. The molecule has 1 saturated carbocycles. The summed E-state index contributed by atoms with van der Waals surface area (Å²) in [7, 11) is 0. The summed E-state index contributed by atoms with van der Waals surface area (Å²) in [5.74, 6) is -0.210. The van der Waals surface area contributed by atoms with E-state index < -0.39 is 5.54 Å². The van der Waals surface area contributed by atoms with E-state index in [-0.39, 0.29) is 17.9 Å². The maximum atomic E-state index is 13.7. The Kier molecular flexibility index (Phi) is 5.30. The molecule has 1 N–H and O–H groups in total. The van der Waals surface area contributed by atoms with Gasteiger partial charge in [-0.1, -0.05) is 49.1 Å². The number of benzene rings is 1. The van der Waals surface area contributed by atoms with Crippen LogP contribution in [-0.2, 0) is 17.9 Å². The first-order valence-electron chi connectivity index (χ1n) is 10.9. The molecule has 1 atom stereocenters. The van der Waals surface area contributed by atoms with E-state index in [1.807, 2.05) is 53.3 Å². The van der Waals surface area contributed by atoms with Gasteiger partial charge in [-0.25, -0.2) is 0 Å². The number of halogens is 1. The Morgan fingerprint density at radius 2 is 2.00 bits per heavy atom. The zero-order valence-electron chi connectivity index (χ0n) is 17.6. The Hall–Kier alpha value is -2.31. The summed E-state index contributed by atoms with van der Waals surface area (Å²) in [4.78, 5) is 29.1. The minimum Gasteiger partial charge on any atom is -0.351 e. The fraction of sp³-hybridized carbons (Fsp3) is 0.417. The molecule has 1 aliphatic carbocycles. The van der Waals surface area contributed by atoms with Crippen LogP contribution in [-0.4, -0.2) is 32.9 Å². The summed E-state index contributed by atoms with van der Waals surface area (Å²) in [6, 6.07) is 11.7. The van der Waals surface area contributed by atoms with Crippen LogP contribution in [0.1, 0.15) is 55.1 Å². The summed E-state index contributed by atoms with van der Waals surface area (Å²) >= 11 is 8.04. The van der Waals surface area contributed by atoms with Gasteiger partial charge in [0.2, 0.25) is 5.91 Å². The molecule has 0 spiro atoms. The number of carbonyl (C=O) groups is 2. The lowest BCUT2D eigenvalue weighted by Gasteiger charge is -2.45. The molecular weight excluding hydrogens is 430 g/mol. The molecule has 0 radical (unpaired) electrons. The van der Waals surface area contributed by atoms with Crippen molar-refractivity contribution in [3.8, 4) is 0 Å². The lowest BCUT2D eigenvalue weighted by atomic mass is 9.91. The fourth-order valence-electron chi connectivity index (χ4n) is 4.91. The Bertz CT molecular complexity index is 1150. The van der Waals surface area contributed by atoms with Gasteiger partial charge in [-0.2, -0.15) is 0 Å². The highest BCUT2D eigenvalue weighted by atomic mass is 35.5. The third kappa shape index (κ3) is 3.56. The number of nitrogens with zero attached hydrogens (tertiary/aromatic N) is 2. The maximum Gasteiger partial charge on any atom is 0.271 e. The lowest BCUT2D eigenvalue weighted by molar-refractivity contribution is -0.134. The van der Waals surface area contributed by atoms with Crippen LogP contribution in [0.3, 0.4) is 0 Å². The monoisotopic (exact) mass is 455 g/mol. The smallest absolute Gasteiger partial charge is 0.271 e. The number of amides is 2. The molecule has 3 aromatic rings. The second kappa shape index (κ2) is 7.99. The van der Waals surface area contributed by atoms with Crippen molar-refractivity contribution in [2.75, 3.05) is 0 Å². The number of thiophene rings is 1. The van der Waals surface area contributed by atoms with Crippen molar-refractivity contribution < 1.29 is 9.59 Å². The fourth-order valence-corrected chi connectivity index (χ4v) is 5.92. The molecular formula is C24H26ClN3O2S. The van der Waals surface area contributed by atoms with Gasteiger partial charge in [-0.05, 0) is 48.9 Å². The Morgan fingerprint density at radius 1 is 1.23 bits per heavy atom. The van der Waals surface area contributed by atoms with Crippen molar-refractivity contribution in [3.63, 3.8) is 0 Å². The molecule has 31 heavy (non-hydrogen) atoms. The van der Waals surface area contributed by atoms with Gasteiger partial charge in [0.1, 0.15) is 11.2 Å². The molecule has 1 unspecified atom stereocenters. The molecule has 3 heterocycles. The van der Waals surface area contributed by atoms with E-state index in [0.29, 0.717) is 23.8 Å². The number of aromatic nitrogens is 1. The number of fused-ring (bicyclic) bond motifs is 3. The molecule has 0 bridgehead atoms. The number of carbonyl (C=O) groups excluding carboxylic acids is 2. The van der Waals surface area contributed by atoms with Crippen LogP contribution in [0.25, 0.3) is 10.2 Å². The Labute approximate surface area is 191 Å². The van der Waals surface area contributed by atoms with Crippen LogP contribution in [0, 0.1) is 0 Å². The predicted octanol–water partition coefficient (Wildman–Crippen LogP) is 5.22. The third-order valence-corrected chi connectivity index (χ3v) is 7.99. The van der Waals surface area contributed by atoms with Crippen LogP contribution in [0.15, 0.2) is 41.8 Å².